The summed E-state index contributed by atoms with van der Waals surface area (Å²) in [6, 6.07) is 6.31. The molecule has 38 heavy (non-hydrogen) atoms. The highest BCUT2D eigenvalue weighted by Crippen LogP contribution is 2.34. The van der Waals surface area contributed by atoms with E-state index in [1.165, 1.54) is 14.0 Å². The fraction of sp³-hybridized carbons (Fsp3) is 0.643. The molecule has 2 heterocycles. The van der Waals surface area contributed by atoms with Crippen LogP contribution in [0.4, 0.5) is 4.79 Å². The lowest BCUT2D eigenvalue weighted by Crippen LogP contribution is -2.59. The molecule has 2 aliphatic rings. The molecule has 10 nitrogen and oxygen atoms in total. The van der Waals surface area contributed by atoms with E-state index < -0.39 is 53.7 Å². The van der Waals surface area contributed by atoms with E-state index in [4.69, 9.17) is 9.47 Å². The first-order chi connectivity index (χ1) is 17.8. The molecule has 2 N–H and O–H groups in total. The van der Waals surface area contributed by atoms with Gasteiger partial charge in [0.2, 0.25) is 11.8 Å². The van der Waals surface area contributed by atoms with Crippen LogP contribution in [0.15, 0.2) is 30.3 Å². The maximum absolute atomic E-state index is 13.8. The van der Waals surface area contributed by atoms with Crippen LogP contribution in [0, 0.1) is 5.92 Å². The standard InChI is InChI=1S/C28H41N3O7/c1-17-14-20-12-13-22(26(35)37-16-19-10-8-7-9-11-19)31(20)25(34)21(15-23(17)32)29-24(33)18(2)30(6)27(36)38-28(3,4)5/h7-11,17-18,20-23,32H,12-16H2,1-6H3,(H,29,33)/t17-,18-,20+,21-,22-,23-/m0/s1. The fourth-order valence-corrected chi connectivity index (χ4v) is 4.93. The summed E-state index contributed by atoms with van der Waals surface area (Å²) in [7, 11) is 1.45. The summed E-state index contributed by atoms with van der Waals surface area (Å²) in [5.41, 5.74) is 0.117. The van der Waals surface area contributed by atoms with Crippen LogP contribution in [0.5, 0.6) is 0 Å². The predicted molar refractivity (Wildman–Crippen MR) is 140 cm³/mol. The van der Waals surface area contributed by atoms with Crippen LogP contribution < -0.4 is 5.32 Å². The Morgan fingerprint density at radius 1 is 1.16 bits per heavy atom. The second-order valence-electron chi connectivity index (χ2n) is 11.4. The number of ether oxygens (including phenoxy) is 2. The third-order valence-electron chi connectivity index (χ3n) is 7.29. The third kappa shape index (κ3) is 7.24. The van der Waals surface area contributed by atoms with E-state index in [0.29, 0.717) is 19.3 Å². The zero-order valence-electron chi connectivity index (χ0n) is 23.2. The number of carbonyl (C=O) groups is 4. The highest BCUT2D eigenvalue weighted by Gasteiger charge is 2.47. The van der Waals surface area contributed by atoms with Crippen molar-refractivity contribution in [3.8, 4) is 0 Å². The van der Waals surface area contributed by atoms with E-state index in [1.54, 1.807) is 25.7 Å². The van der Waals surface area contributed by atoms with Gasteiger partial charge in [-0.15, -0.1) is 0 Å². The number of esters is 1. The van der Waals surface area contributed by atoms with Gasteiger partial charge >= 0.3 is 12.1 Å². The molecule has 210 valence electrons. The molecule has 0 spiro atoms. The van der Waals surface area contributed by atoms with Gasteiger partial charge in [0.1, 0.15) is 30.3 Å². The molecule has 1 aromatic carbocycles. The predicted octanol–water partition coefficient (Wildman–Crippen LogP) is 2.62. The Kier molecular flexibility index (Phi) is 9.40. The first-order valence-corrected chi connectivity index (χ1v) is 13.3. The zero-order chi connectivity index (χ0) is 28.2. The highest BCUT2D eigenvalue weighted by molar-refractivity contribution is 5.93. The fourth-order valence-electron chi connectivity index (χ4n) is 4.93. The Morgan fingerprint density at radius 3 is 2.45 bits per heavy atom. The molecule has 0 unspecified atom stereocenters. The molecule has 0 radical (unpaired) electrons. The van der Waals surface area contributed by atoms with Crippen LogP contribution in [-0.4, -0.2) is 81.7 Å². The van der Waals surface area contributed by atoms with Gasteiger partial charge in [-0.25, -0.2) is 9.59 Å². The largest absolute Gasteiger partial charge is 0.459 e. The van der Waals surface area contributed by atoms with Gasteiger partial charge in [-0.2, -0.15) is 0 Å². The molecule has 2 saturated heterocycles. The molecular formula is C28H41N3O7. The number of aliphatic hydroxyl groups excluding tert-OH is 1. The Labute approximate surface area is 224 Å². The SMILES string of the molecule is C[C@H]1C[C@H]2CC[C@@H](C(=O)OCc3ccccc3)N2C(=O)[C@@H](NC(=O)[C@H](C)N(C)C(=O)OC(C)(C)C)C[C@@H]1O. The van der Waals surface area contributed by atoms with E-state index >= 15 is 0 Å². The van der Waals surface area contributed by atoms with Gasteiger partial charge in [0.15, 0.2) is 0 Å². The molecule has 1 aromatic rings. The van der Waals surface area contributed by atoms with Crippen molar-refractivity contribution in [3.63, 3.8) is 0 Å². The molecule has 0 aromatic heterocycles. The Hall–Kier alpha value is -3.14. The average molecular weight is 532 g/mol. The van der Waals surface area contributed by atoms with Crippen molar-refractivity contribution in [1.29, 1.82) is 0 Å². The number of likely N-dealkylation sites (N-methyl/N-ethyl adjacent to an activating group) is 1. The summed E-state index contributed by atoms with van der Waals surface area (Å²) in [5.74, 6) is -1.62. The molecule has 10 heteroatoms. The number of hydrogen-bond acceptors (Lipinski definition) is 7. The molecule has 2 aliphatic heterocycles. The minimum absolute atomic E-state index is 0.00359. The summed E-state index contributed by atoms with van der Waals surface area (Å²) in [5, 5.41) is 13.5. The number of aliphatic hydroxyl groups is 1. The lowest BCUT2D eigenvalue weighted by molar-refractivity contribution is -0.158. The van der Waals surface area contributed by atoms with Crippen molar-refractivity contribution in [2.45, 2.75) is 103 Å². The van der Waals surface area contributed by atoms with Crippen molar-refractivity contribution in [1.82, 2.24) is 15.1 Å². The minimum atomic E-state index is -1.06. The number of benzene rings is 1. The molecule has 3 rings (SSSR count). The average Bonchev–Trinajstić information content (AvgIpc) is 3.27. The Morgan fingerprint density at radius 2 is 1.82 bits per heavy atom. The number of nitrogens with zero attached hydrogens (tertiary/aromatic N) is 2. The summed E-state index contributed by atoms with van der Waals surface area (Å²) in [6.07, 6.45) is 0.128. The summed E-state index contributed by atoms with van der Waals surface area (Å²) in [6.45, 7) is 8.73. The van der Waals surface area contributed by atoms with Crippen LogP contribution >= 0.6 is 0 Å². The van der Waals surface area contributed by atoms with Gasteiger partial charge in [-0.05, 0) is 58.4 Å². The van der Waals surface area contributed by atoms with E-state index in [1.807, 2.05) is 37.3 Å². The van der Waals surface area contributed by atoms with Crippen molar-refractivity contribution in [2.24, 2.45) is 5.92 Å². The minimum Gasteiger partial charge on any atom is -0.459 e. The topological polar surface area (TPSA) is 125 Å². The van der Waals surface area contributed by atoms with Gasteiger partial charge in [0, 0.05) is 19.5 Å². The summed E-state index contributed by atoms with van der Waals surface area (Å²) < 4.78 is 10.9. The van der Waals surface area contributed by atoms with Crippen LogP contribution in [0.25, 0.3) is 0 Å². The van der Waals surface area contributed by atoms with Crippen LogP contribution in [0.3, 0.4) is 0 Å². The van der Waals surface area contributed by atoms with Crippen molar-refractivity contribution >= 4 is 23.9 Å². The second-order valence-corrected chi connectivity index (χ2v) is 11.4. The molecule has 2 fully saturated rings. The normalized spacial score (nSPS) is 26.4. The number of hydrogen-bond donors (Lipinski definition) is 2. The van der Waals surface area contributed by atoms with Crippen LogP contribution in [0.2, 0.25) is 0 Å². The Bertz CT molecular complexity index is 1010. The van der Waals surface area contributed by atoms with E-state index in [-0.39, 0.29) is 25.0 Å². The number of amides is 3. The van der Waals surface area contributed by atoms with Crippen molar-refractivity contribution < 1.29 is 33.8 Å². The van der Waals surface area contributed by atoms with Gasteiger partial charge < -0.3 is 24.8 Å². The molecule has 6 atom stereocenters. The number of fused-ring (bicyclic) bond motifs is 1. The van der Waals surface area contributed by atoms with Crippen molar-refractivity contribution in [2.75, 3.05) is 7.05 Å². The lowest BCUT2D eigenvalue weighted by Gasteiger charge is -2.38. The second kappa shape index (κ2) is 12.1. The maximum Gasteiger partial charge on any atom is 0.410 e. The van der Waals surface area contributed by atoms with E-state index in [0.717, 1.165) is 10.5 Å². The molecule has 3 amide bonds. The Balaban J connectivity index is 1.74. The van der Waals surface area contributed by atoms with Gasteiger partial charge in [-0.3, -0.25) is 14.5 Å². The lowest BCUT2D eigenvalue weighted by atomic mass is 9.88. The smallest absolute Gasteiger partial charge is 0.410 e. The van der Waals surface area contributed by atoms with Crippen LogP contribution in [0.1, 0.15) is 65.9 Å². The molecule has 0 aliphatic carbocycles. The number of nitrogens with one attached hydrogen (secondary N) is 1. The third-order valence-corrected chi connectivity index (χ3v) is 7.29. The molecular weight excluding hydrogens is 490 g/mol. The highest BCUT2D eigenvalue weighted by atomic mass is 16.6. The number of rotatable bonds is 6. The number of carbonyl (C=O) groups excluding carboxylic acids is 4. The summed E-state index contributed by atoms with van der Waals surface area (Å²) >= 11 is 0. The molecule has 0 saturated carbocycles. The summed E-state index contributed by atoms with van der Waals surface area (Å²) in [4.78, 5) is 55.1. The van der Waals surface area contributed by atoms with Crippen molar-refractivity contribution in [3.05, 3.63) is 35.9 Å². The molecule has 0 bridgehead atoms. The van der Waals surface area contributed by atoms with Gasteiger partial charge in [0.25, 0.3) is 0 Å². The first-order valence-electron chi connectivity index (χ1n) is 13.3. The van der Waals surface area contributed by atoms with Gasteiger partial charge in [0.05, 0.1) is 6.10 Å². The van der Waals surface area contributed by atoms with E-state index in [9.17, 15) is 24.3 Å². The maximum atomic E-state index is 13.8. The monoisotopic (exact) mass is 531 g/mol. The first kappa shape index (κ1) is 29.4. The quantitative estimate of drug-likeness (QED) is 0.541. The van der Waals surface area contributed by atoms with E-state index in [2.05, 4.69) is 5.32 Å². The van der Waals surface area contributed by atoms with Gasteiger partial charge in [-0.1, -0.05) is 37.3 Å². The van der Waals surface area contributed by atoms with Crippen LogP contribution in [-0.2, 0) is 30.5 Å². The zero-order valence-corrected chi connectivity index (χ0v) is 23.2.